The molecule has 0 aliphatic carbocycles. The van der Waals surface area contributed by atoms with Gasteiger partial charge in [-0.2, -0.15) is 0 Å². The smallest absolute Gasteiger partial charge is 0.00772 e. The molecule has 2 atom stereocenters. The molecule has 14 heavy (non-hydrogen) atoms. The molecular formula is C13H27N. The lowest BCUT2D eigenvalue weighted by Crippen LogP contribution is -2.05. The fourth-order valence-electron chi connectivity index (χ4n) is 1.81. The Morgan fingerprint density at radius 2 is 1.86 bits per heavy atom. The largest absolute Gasteiger partial charge is 0.330 e. The predicted octanol–water partition coefficient (Wildman–Crippen LogP) is 3.74. The van der Waals surface area contributed by atoms with E-state index in [0.717, 1.165) is 12.5 Å². The van der Waals surface area contributed by atoms with Crippen LogP contribution >= 0.6 is 0 Å². The summed E-state index contributed by atoms with van der Waals surface area (Å²) in [5, 5.41) is 0. The van der Waals surface area contributed by atoms with E-state index in [4.69, 9.17) is 5.73 Å². The molecule has 0 fully saturated rings. The molecule has 0 spiro atoms. The van der Waals surface area contributed by atoms with Crippen LogP contribution < -0.4 is 5.73 Å². The first-order valence-electron chi connectivity index (χ1n) is 6.07. The number of allylic oxidation sites excluding steroid dienone is 1. The van der Waals surface area contributed by atoms with Crippen LogP contribution in [0.5, 0.6) is 0 Å². The van der Waals surface area contributed by atoms with Crippen LogP contribution in [0.2, 0.25) is 0 Å². The minimum atomic E-state index is 0.682. The van der Waals surface area contributed by atoms with Crippen molar-refractivity contribution in [2.24, 2.45) is 17.6 Å². The van der Waals surface area contributed by atoms with E-state index in [1.165, 1.54) is 38.5 Å². The molecular weight excluding hydrogens is 170 g/mol. The summed E-state index contributed by atoms with van der Waals surface area (Å²) < 4.78 is 0. The van der Waals surface area contributed by atoms with Crippen LogP contribution in [0.1, 0.15) is 52.4 Å². The molecule has 0 aliphatic heterocycles. The lowest BCUT2D eigenvalue weighted by atomic mass is 9.92. The third-order valence-corrected chi connectivity index (χ3v) is 3.07. The monoisotopic (exact) mass is 197 g/mol. The Morgan fingerprint density at radius 3 is 2.36 bits per heavy atom. The van der Waals surface area contributed by atoms with E-state index in [0.29, 0.717) is 5.92 Å². The summed E-state index contributed by atoms with van der Waals surface area (Å²) in [6, 6.07) is 0. The summed E-state index contributed by atoms with van der Waals surface area (Å²) in [7, 11) is 0. The van der Waals surface area contributed by atoms with Crippen LogP contribution in [0, 0.1) is 11.8 Å². The van der Waals surface area contributed by atoms with Crippen molar-refractivity contribution < 1.29 is 0 Å². The van der Waals surface area contributed by atoms with Crippen molar-refractivity contribution in [3.05, 3.63) is 12.7 Å². The summed E-state index contributed by atoms with van der Waals surface area (Å²) >= 11 is 0. The predicted molar refractivity (Wildman–Crippen MR) is 65.3 cm³/mol. The summed E-state index contributed by atoms with van der Waals surface area (Å²) in [6.07, 6.45) is 9.88. The first-order valence-corrected chi connectivity index (χ1v) is 6.07. The standard InChI is InChI=1S/C13H27N/c1-4-12(3)8-6-9-13(5-2)10-7-11-14/h4,12-13H,1,5-11,14H2,2-3H3/t12-,13-/m0/s1. The topological polar surface area (TPSA) is 26.0 Å². The van der Waals surface area contributed by atoms with Gasteiger partial charge >= 0.3 is 0 Å². The SMILES string of the molecule is C=C[C@H](C)CCC[C@H](CC)CCCN. The number of rotatable bonds is 9. The minimum Gasteiger partial charge on any atom is -0.330 e. The fraction of sp³-hybridized carbons (Fsp3) is 0.846. The van der Waals surface area contributed by atoms with Crippen molar-refractivity contribution in [2.75, 3.05) is 6.54 Å². The van der Waals surface area contributed by atoms with E-state index in [9.17, 15) is 0 Å². The molecule has 2 N–H and O–H groups in total. The molecule has 1 heteroatoms. The highest BCUT2D eigenvalue weighted by Gasteiger charge is 2.06. The summed E-state index contributed by atoms with van der Waals surface area (Å²) in [6.45, 7) is 9.19. The van der Waals surface area contributed by atoms with Crippen LogP contribution in [-0.2, 0) is 0 Å². The van der Waals surface area contributed by atoms with E-state index in [2.05, 4.69) is 26.5 Å². The second-order valence-electron chi connectivity index (χ2n) is 4.35. The molecule has 0 bridgehead atoms. The Balaban J connectivity index is 3.46. The van der Waals surface area contributed by atoms with Gasteiger partial charge in [-0.3, -0.25) is 0 Å². The fourth-order valence-corrected chi connectivity index (χ4v) is 1.81. The first kappa shape index (κ1) is 13.7. The van der Waals surface area contributed by atoms with E-state index in [-0.39, 0.29) is 0 Å². The van der Waals surface area contributed by atoms with Gasteiger partial charge in [-0.05, 0) is 37.6 Å². The number of nitrogens with two attached hydrogens (primary N) is 1. The van der Waals surface area contributed by atoms with Gasteiger partial charge in [0.1, 0.15) is 0 Å². The van der Waals surface area contributed by atoms with Gasteiger partial charge in [0.05, 0.1) is 0 Å². The van der Waals surface area contributed by atoms with Gasteiger partial charge in [0.15, 0.2) is 0 Å². The van der Waals surface area contributed by atoms with Crippen LogP contribution in [-0.4, -0.2) is 6.54 Å². The van der Waals surface area contributed by atoms with Gasteiger partial charge in [0.2, 0.25) is 0 Å². The van der Waals surface area contributed by atoms with Crippen molar-refractivity contribution in [1.29, 1.82) is 0 Å². The Kier molecular flexibility index (Phi) is 9.06. The molecule has 0 radical (unpaired) electrons. The zero-order valence-electron chi connectivity index (χ0n) is 9.97. The van der Waals surface area contributed by atoms with Gasteiger partial charge in [0.25, 0.3) is 0 Å². The van der Waals surface area contributed by atoms with Gasteiger partial charge < -0.3 is 5.73 Å². The van der Waals surface area contributed by atoms with Crippen LogP contribution in [0.25, 0.3) is 0 Å². The van der Waals surface area contributed by atoms with Gasteiger partial charge in [0, 0.05) is 0 Å². The van der Waals surface area contributed by atoms with Crippen LogP contribution in [0.4, 0.5) is 0 Å². The molecule has 0 saturated heterocycles. The third-order valence-electron chi connectivity index (χ3n) is 3.07. The molecule has 84 valence electrons. The summed E-state index contributed by atoms with van der Waals surface area (Å²) in [5.74, 6) is 1.58. The quantitative estimate of drug-likeness (QED) is 0.560. The second kappa shape index (κ2) is 9.26. The average molecular weight is 197 g/mol. The van der Waals surface area contributed by atoms with Crippen LogP contribution in [0.3, 0.4) is 0 Å². The zero-order valence-corrected chi connectivity index (χ0v) is 9.97. The number of hydrogen-bond acceptors (Lipinski definition) is 1. The molecule has 0 aromatic rings. The van der Waals surface area contributed by atoms with E-state index >= 15 is 0 Å². The Morgan fingerprint density at radius 1 is 1.21 bits per heavy atom. The zero-order chi connectivity index (χ0) is 10.8. The van der Waals surface area contributed by atoms with Crippen molar-refractivity contribution in [3.8, 4) is 0 Å². The number of hydrogen-bond donors (Lipinski definition) is 1. The lowest BCUT2D eigenvalue weighted by Gasteiger charge is -2.14. The normalized spacial score (nSPS) is 15.1. The maximum absolute atomic E-state index is 5.52. The third kappa shape index (κ3) is 7.14. The van der Waals surface area contributed by atoms with Crippen LogP contribution in [0.15, 0.2) is 12.7 Å². The van der Waals surface area contributed by atoms with E-state index in [1.54, 1.807) is 0 Å². The van der Waals surface area contributed by atoms with Gasteiger partial charge in [-0.25, -0.2) is 0 Å². The summed E-state index contributed by atoms with van der Waals surface area (Å²) in [5.41, 5.74) is 5.52. The molecule has 0 unspecified atom stereocenters. The highest BCUT2D eigenvalue weighted by atomic mass is 14.5. The molecule has 0 rings (SSSR count). The maximum atomic E-state index is 5.52. The molecule has 0 amide bonds. The molecule has 0 aromatic carbocycles. The van der Waals surface area contributed by atoms with Crippen molar-refractivity contribution in [3.63, 3.8) is 0 Å². The second-order valence-corrected chi connectivity index (χ2v) is 4.35. The molecule has 1 nitrogen and oxygen atoms in total. The van der Waals surface area contributed by atoms with E-state index < -0.39 is 0 Å². The molecule has 0 aliphatic rings. The van der Waals surface area contributed by atoms with Gasteiger partial charge in [-0.1, -0.05) is 39.2 Å². The first-order chi connectivity index (χ1) is 6.74. The Labute approximate surface area is 89.8 Å². The summed E-state index contributed by atoms with van der Waals surface area (Å²) in [4.78, 5) is 0. The Hall–Kier alpha value is -0.300. The molecule has 0 heterocycles. The lowest BCUT2D eigenvalue weighted by molar-refractivity contribution is 0.398. The minimum absolute atomic E-state index is 0.682. The van der Waals surface area contributed by atoms with Gasteiger partial charge in [-0.15, -0.1) is 6.58 Å². The van der Waals surface area contributed by atoms with E-state index in [1.807, 2.05) is 0 Å². The van der Waals surface area contributed by atoms with Crippen molar-refractivity contribution in [2.45, 2.75) is 52.4 Å². The Bertz CT molecular complexity index is 131. The highest BCUT2D eigenvalue weighted by Crippen LogP contribution is 2.20. The van der Waals surface area contributed by atoms with Crippen molar-refractivity contribution in [1.82, 2.24) is 0 Å². The average Bonchev–Trinajstić information content (AvgIpc) is 2.22. The maximum Gasteiger partial charge on any atom is -0.00772 e. The van der Waals surface area contributed by atoms with Crippen molar-refractivity contribution >= 4 is 0 Å². The molecule has 0 saturated carbocycles. The highest BCUT2D eigenvalue weighted by molar-refractivity contribution is 4.74. The molecule has 0 aromatic heterocycles.